The summed E-state index contributed by atoms with van der Waals surface area (Å²) in [5.41, 5.74) is 0. The molecule has 0 aromatic carbocycles. The molecule has 0 saturated heterocycles. The Morgan fingerprint density at radius 3 is 2.90 bits per heavy atom. The second-order valence-corrected chi connectivity index (χ2v) is 1.87. The van der Waals surface area contributed by atoms with Crippen molar-refractivity contribution in [1.29, 1.82) is 0 Å². The van der Waals surface area contributed by atoms with Gasteiger partial charge in [-0.2, -0.15) is 0 Å². The smallest absolute Gasteiger partial charge is 0.243 e. The highest BCUT2D eigenvalue weighted by Crippen LogP contribution is 1.76. The number of hydrogen-bond donors (Lipinski definition) is 1. The Morgan fingerprint density at radius 2 is 2.40 bits per heavy atom. The van der Waals surface area contributed by atoms with E-state index in [4.69, 9.17) is 0 Å². The van der Waals surface area contributed by atoms with Gasteiger partial charge in [0.2, 0.25) is 5.91 Å². The molecule has 0 aliphatic carbocycles. The molecule has 0 unspecified atom stereocenters. The molecule has 0 heterocycles. The van der Waals surface area contributed by atoms with E-state index in [1.165, 1.54) is 6.08 Å². The zero-order valence-electron chi connectivity index (χ0n) is 6.26. The Hall–Kier alpha value is -1.05. The normalized spacial score (nSPS) is 9.70. The average Bonchev–Trinajstić information content (AvgIpc) is 1.89. The molecule has 0 bridgehead atoms. The lowest BCUT2D eigenvalue weighted by Gasteiger charge is -1.96. The molecule has 2 nitrogen and oxygen atoms in total. The van der Waals surface area contributed by atoms with E-state index in [-0.39, 0.29) is 5.91 Å². The van der Waals surface area contributed by atoms with Crippen LogP contribution in [0.2, 0.25) is 0 Å². The molecular weight excluding hydrogens is 126 g/mol. The lowest BCUT2D eigenvalue weighted by molar-refractivity contribution is -0.116. The molecule has 0 radical (unpaired) electrons. The summed E-state index contributed by atoms with van der Waals surface area (Å²) in [6.45, 7) is 6.02. The molecule has 10 heavy (non-hydrogen) atoms. The van der Waals surface area contributed by atoms with Crippen LogP contribution in [0.25, 0.3) is 0 Å². The molecular formula is C8H13NO. The summed E-state index contributed by atoms with van der Waals surface area (Å²) in [5, 5.41) is 2.69. The van der Waals surface area contributed by atoms with Gasteiger partial charge in [-0.15, -0.1) is 6.58 Å². The average molecular weight is 139 g/mol. The van der Waals surface area contributed by atoms with Gasteiger partial charge in [-0.3, -0.25) is 4.79 Å². The van der Waals surface area contributed by atoms with Crippen molar-refractivity contribution in [2.75, 3.05) is 6.54 Å². The number of carbonyl (C=O) groups excluding carboxylic acids is 1. The molecule has 2 heteroatoms. The Bertz CT molecular complexity index is 138. The van der Waals surface area contributed by atoms with Crippen LogP contribution in [0, 0.1) is 0 Å². The van der Waals surface area contributed by atoms with E-state index in [9.17, 15) is 4.79 Å². The van der Waals surface area contributed by atoms with Gasteiger partial charge in [0, 0.05) is 6.54 Å². The van der Waals surface area contributed by atoms with Crippen molar-refractivity contribution in [2.45, 2.75) is 13.3 Å². The van der Waals surface area contributed by atoms with E-state index >= 15 is 0 Å². The van der Waals surface area contributed by atoms with E-state index in [0.717, 1.165) is 6.42 Å². The Balaban J connectivity index is 3.30. The maximum atomic E-state index is 10.7. The largest absolute Gasteiger partial charge is 0.352 e. The monoisotopic (exact) mass is 139 g/mol. The van der Waals surface area contributed by atoms with Gasteiger partial charge in [0.05, 0.1) is 0 Å². The Kier molecular flexibility index (Phi) is 5.44. The summed E-state index contributed by atoms with van der Waals surface area (Å²) >= 11 is 0. The summed E-state index contributed by atoms with van der Waals surface area (Å²) in [6.07, 6.45) is 5.81. The highest BCUT2D eigenvalue weighted by Gasteiger charge is 1.89. The van der Waals surface area contributed by atoms with Crippen LogP contribution in [-0.2, 0) is 4.79 Å². The number of allylic oxidation sites excluding steroid dienone is 1. The molecule has 0 atom stereocenters. The van der Waals surface area contributed by atoms with Crippen molar-refractivity contribution in [3.8, 4) is 0 Å². The lowest BCUT2D eigenvalue weighted by Crippen LogP contribution is -2.21. The molecule has 1 amide bonds. The molecule has 0 rings (SSSR count). The van der Waals surface area contributed by atoms with Gasteiger partial charge in [0.15, 0.2) is 0 Å². The molecule has 0 saturated carbocycles. The molecule has 0 spiro atoms. The first-order chi connectivity index (χ1) is 4.81. The minimum atomic E-state index is -0.0376. The van der Waals surface area contributed by atoms with Gasteiger partial charge < -0.3 is 5.32 Å². The highest BCUT2D eigenvalue weighted by molar-refractivity contribution is 5.87. The number of nitrogens with one attached hydrogen (secondary N) is 1. The van der Waals surface area contributed by atoms with Gasteiger partial charge >= 0.3 is 0 Å². The summed E-state index contributed by atoms with van der Waals surface area (Å²) < 4.78 is 0. The predicted octanol–water partition coefficient (Wildman–Crippen LogP) is 1.25. The van der Waals surface area contributed by atoms with E-state index in [1.54, 1.807) is 12.2 Å². The van der Waals surface area contributed by atoms with Crippen molar-refractivity contribution < 1.29 is 4.79 Å². The van der Waals surface area contributed by atoms with Gasteiger partial charge in [0.25, 0.3) is 0 Å². The highest BCUT2D eigenvalue weighted by atomic mass is 16.1. The van der Waals surface area contributed by atoms with Gasteiger partial charge in [0.1, 0.15) is 0 Å². The second-order valence-electron chi connectivity index (χ2n) is 1.87. The van der Waals surface area contributed by atoms with Crippen molar-refractivity contribution in [2.24, 2.45) is 0 Å². The minimum absolute atomic E-state index is 0.0376. The second kappa shape index (κ2) is 6.08. The van der Waals surface area contributed by atoms with E-state index in [1.807, 2.05) is 6.92 Å². The van der Waals surface area contributed by atoms with Crippen LogP contribution < -0.4 is 5.32 Å². The molecule has 56 valence electrons. The number of amides is 1. The van der Waals surface area contributed by atoms with Crippen LogP contribution >= 0.6 is 0 Å². The van der Waals surface area contributed by atoms with Crippen molar-refractivity contribution in [3.05, 3.63) is 24.8 Å². The van der Waals surface area contributed by atoms with Crippen LogP contribution in [0.4, 0.5) is 0 Å². The van der Waals surface area contributed by atoms with Gasteiger partial charge in [-0.1, -0.05) is 12.2 Å². The SMILES string of the molecule is C=CCCNC(=O)C=CC. The summed E-state index contributed by atoms with van der Waals surface area (Å²) in [4.78, 5) is 10.7. The zero-order chi connectivity index (χ0) is 7.82. The third-order valence-corrected chi connectivity index (χ3v) is 0.966. The quantitative estimate of drug-likeness (QED) is 0.354. The third kappa shape index (κ3) is 5.09. The predicted molar refractivity (Wildman–Crippen MR) is 42.6 cm³/mol. The Labute approximate surface area is 61.6 Å². The number of rotatable bonds is 4. The first kappa shape index (κ1) is 8.95. The molecule has 0 aromatic rings. The topological polar surface area (TPSA) is 29.1 Å². The van der Waals surface area contributed by atoms with E-state index in [2.05, 4.69) is 11.9 Å². The van der Waals surface area contributed by atoms with E-state index in [0.29, 0.717) is 6.54 Å². The number of hydrogen-bond acceptors (Lipinski definition) is 1. The van der Waals surface area contributed by atoms with Crippen molar-refractivity contribution in [3.63, 3.8) is 0 Å². The zero-order valence-corrected chi connectivity index (χ0v) is 6.26. The molecule has 0 aliphatic rings. The fourth-order valence-corrected chi connectivity index (χ4v) is 0.508. The molecule has 0 aromatic heterocycles. The number of carbonyl (C=O) groups is 1. The van der Waals surface area contributed by atoms with Crippen LogP contribution in [-0.4, -0.2) is 12.5 Å². The van der Waals surface area contributed by atoms with Crippen molar-refractivity contribution >= 4 is 5.91 Å². The molecule has 0 aliphatic heterocycles. The van der Waals surface area contributed by atoms with Crippen molar-refractivity contribution in [1.82, 2.24) is 5.32 Å². The first-order valence-corrected chi connectivity index (χ1v) is 3.32. The lowest BCUT2D eigenvalue weighted by atomic mass is 10.4. The van der Waals surface area contributed by atoms with E-state index < -0.39 is 0 Å². The van der Waals surface area contributed by atoms with Gasteiger partial charge in [-0.05, 0) is 19.4 Å². The maximum absolute atomic E-state index is 10.7. The van der Waals surface area contributed by atoms with Crippen LogP contribution in [0.15, 0.2) is 24.8 Å². The summed E-state index contributed by atoms with van der Waals surface area (Å²) in [7, 11) is 0. The summed E-state index contributed by atoms with van der Waals surface area (Å²) in [5.74, 6) is -0.0376. The molecule has 1 N–H and O–H groups in total. The fourth-order valence-electron chi connectivity index (χ4n) is 0.508. The maximum Gasteiger partial charge on any atom is 0.243 e. The fraction of sp³-hybridized carbons (Fsp3) is 0.375. The summed E-state index contributed by atoms with van der Waals surface area (Å²) in [6, 6.07) is 0. The standard InChI is InChI=1S/C8H13NO/c1-3-5-7-9-8(10)6-4-2/h3-4,6H,1,5,7H2,2H3,(H,9,10). The minimum Gasteiger partial charge on any atom is -0.352 e. The van der Waals surface area contributed by atoms with Crippen LogP contribution in [0.3, 0.4) is 0 Å². The van der Waals surface area contributed by atoms with Crippen LogP contribution in [0.1, 0.15) is 13.3 Å². The molecule has 0 fully saturated rings. The Morgan fingerprint density at radius 1 is 1.70 bits per heavy atom. The van der Waals surface area contributed by atoms with Crippen LogP contribution in [0.5, 0.6) is 0 Å². The first-order valence-electron chi connectivity index (χ1n) is 3.32. The van der Waals surface area contributed by atoms with Gasteiger partial charge in [-0.25, -0.2) is 0 Å². The third-order valence-electron chi connectivity index (χ3n) is 0.966.